The number of esters is 1. The van der Waals surface area contributed by atoms with Crippen molar-refractivity contribution < 1.29 is 23.8 Å². The standard InChI is InChI=1S/C23H47NO5Si/c1-10-30(8,9)17-11-13-27-15-16-29-21(26)24-12-14-28-20(25)23(7,19(2)3)18-22(4,5)6/h19H,10-18H2,1-9H3,(H,24,26). The normalized spacial score (nSPS) is 14.3. The fraction of sp³-hybridized carbons (Fsp3) is 0.913. The second kappa shape index (κ2) is 13.4. The van der Waals surface area contributed by atoms with E-state index in [2.05, 4.69) is 46.1 Å². The van der Waals surface area contributed by atoms with Crippen molar-refractivity contribution in [1.29, 1.82) is 0 Å². The average molecular weight is 446 g/mol. The predicted molar refractivity (Wildman–Crippen MR) is 126 cm³/mol. The third-order valence-corrected chi connectivity index (χ3v) is 9.42. The topological polar surface area (TPSA) is 73.9 Å². The van der Waals surface area contributed by atoms with Crippen LogP contribution in [-0.4, -0.2) is 53.1 Å². The first kappa shape index (κ1) is 28.9. The van der Waals surface area contributed by atoms with Gasteiger partial charge in [-0.1, -0.05) is 66.7 Å². The van der Waals surface area contributed by atoms with E-state index in [1.54, 1.807) is 0 Å². The lowest BCUT2D eigenvalue weighted by Gasteiger charge is -2.36. The smallest absolute Gasteiger partial charge is 0.407 e. The van der Waals surface area contributed by atoms with E-state index in [0.717, 1.165) is 12.8 Å². The molecular formula is C23H47NO5Si. The van der Waals surface area contributed by atoms with Gasteiger partial charge in [-0.2, -0.15) is 0 Å². The van der Waals surface area contributed by atoms with Crippen molar-refractivity contribution in [2.24, 2.45) is 16.7 Å². The fourth-order valence-corrected chi connectivity index (χ4v) is 4.71. The Hall–Kier alpha value is -1.08. The zero-order valence-corrected chi connectivity index (χ0v) is 22.0. The third-order valence-electron chi connectivity index (χ3n) is 5.80. The number of amides is 1. The molecule has 0 spiro atoms. The van der Waals surface area contributed by atoms with Gasteiger partial charge >= 0.3 is 12.1 Å². The van der Waals surface area contributed by atoms with Gasteiger partial charge in [0.15, 0.2) is 0 Å². The highest BCUT2D eigenvalue weighted by Gasteiger charge is 2.41. The number of alkyl carbamates (subject to hydrolysis) is 1. The van der Waals surface area contributed by atoms with Crippen LogP contribution in [0.3, 0.4) is 0 Å². The second-order valence-corrected chi connectivity index (χ2v) is 16.3. The molecule has 6 nitrogen and oxygen atoms in total. The Kier molecular flexibility index (Phi) is 12.9. The molecule has 0 aliphatic carbocycles. The molecule has 0 saturated heterocycles. The molecule has 30 heavy (non-hydrogen) atoms. The number of carbonyl (C=O) groups excluding carboxylic acids is 2. The van der Waals surface area contributed by atoms with Crippen LogP contribution in [0.4, 0.5) is 4.79 Å². The molecule has 0 radical (unpaired) electrons. The second-order valence-electron chi connectivity index (χ2n) is 10.7. The summed E-state index contributed by atoms with van der Waals surface area (Å²) in [5.41, 5.74) is -0.527. The minimum atomic E-state index is -1.03. The molecule has 1 atom stereocenters. The van der Waals surface area contributed by atoms with Crippen LogP contribution in [0.25, 0.3) is 0 Å². The maximum Gasteiger partial charge on any atom is 0.407 e. The highest BCUT2D eigenvalue weighted by atomic mass is 28.3. The molecule has 1 unspecified atom stereocenters. The van der Waals surface area contributed by atoms with Crippen molar-refractivity contribution in [3.63, 3.8) is 0 Å². The van der Waals surface area contributed by atoms with Crippen LogP contribution >= 0.6 is 0 Å². The van der Waals surface area contributed by atoms with Crippen LogP contribution in [-0.2, 0) is 19.0 Å². The molecule has 0 heterocycles. The number of nitrogens with one attached hydrogen (secondary N) is 1. The van der Waals surface area contributed by atoms with Gasteiger partial charge < -0.3 is 19.5 Å². The largest absolute Gasteiger partial charge is 0.463 e. The molecule has 0 aromatic carbocycles. The Morgan fingerprint density at radius 3 is 2.13 bits per heavy atom. The maximum atomic E-state index is 12.6. The summed E-state index contributed by atoms with van der Waals surface area (Å²) >= 11 is 0. The number of rotatable bonds is 14. The minimum absolute atomic E-state index is 0.0241. The number of ether oxygens (including phenoxy) is 3. The molecule has 0 aliphatic rings. The van der Waals surface area contributed by atoms with Gasteiger partial charge in [-0.3, -0.25) is 4.79 Å². The molecule has 0 fully saturated rings. The summed E-state index contributed by atoms with van der Waals surface area (Å²) in [4.78, 5) is 24.3. The van der Waals surface area contributed by atoms with Crippen molar-refractivity contribution in [2.75, 3.05) is 33.0 Å². The lowest BCUT2D eigenvalue weighted by molar-refractivity contribution is -0.159. The van der Waals surface area contributed by atoms with Crippen LogP contribution in [0.5, 0.6) is 0 Å². The Balaban J connectivity index is 3.97. The van der Waals surface area contributed by atoms with Crippen LogP contribution in [0, 0.1) is 16.7 Å². The van der Waals surface area contributed by atoms with Gasteiger partial charge in [-0.25, -0.2) is 4.79 Å². The van der Waals surface area contributed by atoms with E-state index in [1.165, 1.54) is 12.1 Å². The zero-order chi connectivity index (χ0) is 23.4. The molecule has 0 aromatic heterocycles. The minimum Gasteiger partial charge on any atom is -0.463 e. The van der Waals surface area contributed by atoms with Crippen molar-refractivity contribution in [1.82, 2.24) is 5.32 Å². The van der Waals surface area contributed by atoms with Crippen molar-refractivity contribution in [2.45, 2.75) is 86.5 Å². The van der Waals surface area contributed by atoms with Crippen molar-refractivity contribution in [3.05, 3.63) is 0 Å². The molecule has 0 rings (SSSR count). The first-order valence-corrected chi connectivity index (χ1v) is 14.8. The highest BCUT2D eigenvalue weighted by molar-refractivity contribution is 6.77. The van der Waals surface area contributed by atoms with Gasteiger partial charge in [0.1, 0.15) is 13.2 Å². The van der Waals surface area contributed by atoms with E-state index in [4.69, 9.17) is 14.2 Å². The summed E-state index contributed by atoms with van der Waals surface area (Å²) in [5, 5.41) is 2.61. The average Bonchev–Trinajstić information content (AvgIpc) is 2.62. The summed E-state index contributed by atoms with van der Waals surface area (Å²) in [6.07, 6.45) is 1.29. The monoisotopic (exact) mass is 445 g/mol. The Morgan fingerprint density at radius 2 is 1.60 bits per heavy atom. The molecule has 0 aromatic rings. The molecule has 0 aliphatic heterocycles. The zero-order valence-electron chi connectivity index (χ0n) is 21.0. The Bertz CT molecular complexity index is 516. The summed E-state index contributed by atoms with van der Waals surface area (Å²) < 4.78 is 16.1. The van der Waals surface area contributed by atoms with E-state index >= 15 is 0 Å². The van der Waals surface area contributed by atoms with E-state index in [-0.39, 0.29) is 37.1 Å². The van der Waals surface area contributed by atoms with Crippen molar-refractivity contribution >= 4 is 20.1 Å². The summed E-state index contributed by atoms with van der Waals surface area (Å²) in [5.74, 6) is -0.0529. The van der Waals surface area contributed by atoms with Gasteiger partial charge in [0.25, 0.3) is 0 Å². The van der Waals surface area contributed by atoms with Crippen LogP contribution < -0.4 is 5.32 Å². The summed E-state index contributed by atoms with van der Waals surface area (Å²) in [6, 6.07) is 2.55. The van der Waals surface area contributed by atoms with Gasteiger partial charge in [-0.05, 0) is 31.1 Å². The van der Waals surface area contributed by atoms with Crippen molar-refractivity contribution in [3.8, 4) is 0 Å². The number of hydrogen-bond donors (Lipinski definition) is 1. The van der Waals surface area contributed by atoms with Crippen LogP contribution in [0.2, 0.25) is 25.2 Å². The molecule has 0 bridgehead atoms. The lowest BCUT2D eigenvalue weighted by Crippen LogP contribution is -2.39. The van der Waals surface area contributed by atoms with Gasteiger partial charge in [0.2, 0.25) is 0 Å². The van der Waals surface area contributed by atoms with Gasteiger partial charge in [0.05, 0.1) is 18.6 Å². The summed E-state index contributed by atoms with van der Waals surface area (Å²) in [6.45, 7) is 21.1. The van der Waals surface area contributed by atoms with E-state index in [0.29, 0.717) is 13.2 Å². The highest BCUT2D eigenvalue weighted by Crippen LogP contribution is 2.40. The predicted octanol–water partition coefficient (Wildman–Crippen LogP) is 5.49. The van der Waals surface area contributed by atoms with Crippen LogP contribution in [0.1, 0.15) is 61.3 Å². The Morgan fingerprint density at radius 1 is 0.967 bits per heavy atom. The molecular weight excluding hydrogens is 398 g/mol. The molecule has 7 heteroatoms. The number of hydrogen-bond acceptors (Lipinski definition) is 5. The number of carbonyl (C=O) groups is 2. The fourth-order valence-electron chi connectivity index (χ4n) is 3.25. The Labute approximate surface area is 185 Å². The third kappa shape index (κ3) is 12.6. The molecule has 0 saturated carbocycles. The van der Waals surface area contributed by atoms with E-state index in [9.17, 15) is 9.59 Å². The lowest BCUT2D eigenvalue weighted by atomic mass is 9.69. The molecule has 1 N–H and O–H groups in total. The van der Waals surface area contributed by atoms with E-state index in [1.807, 2.05) is 20.8 Å². The van der Waals surface area contributed by atoms with Gasteiger partial charge in [0, 0.05) is 14.7 Å². The van der Waals surface area contributed by atoms with E-state index < -0.39 is 19.6 Å². The van der Waals surface area contributed by atoms with Gasteiger partial charge in [-0.15, -0.1) is 0 Å². The quantitative estimate of drug-likeness (QED) is 0.217. The maximum absolute atomic E-state index is 12.6. The van der Waals surface area contributed by atoms with Crippen LogP contribution in [0.15, 0.2) is 0 Å². The summed E-state index contributed by atoms with van der Waals surface area (Å²) in [7, 11) is -1.03. The molecule has 178 valence electrons. The SMILES string of the molecule is CC[Si](C)(C)CCCOCCOC(=O)NCCOC(=O)C(C)(CC(C)(C)C)C(C)C. The first-order valence-electron chi connectivity index (χ1n) is 11.4. The molecule has 1 amide bonds. The first-order chi connectivity index (χ1) is 13.7.